The summed E-state index contributed by atoms with van der Waals surface area (Å²) in [5.41, 5.74) is 1.25. The predicted octanol–water partition coefficient (Wildman–Crippen LogP) is 0.761. The summed E-state index contributed by atoms with van der Waals surface area (Å²) in [6, 6.07) is 8.10. The van der Waals surface area contributed by atoms with Gasteiger partial charge in [0.05, 0.1) is 13.2 Å². The third-order valence-corrected chi connectivity index (χ3v) is 4.01. The normalized spacial score (nSPS) is 17.2. The third-order valence-electron chi connectivity index (χ3n) is 2.92. The molecule has 1 aliphatic heterocycles. The molecule has 0 fully saturated rings. The standard InChI is InChI=1S/C12H14N4O2S/c17-6-5-16-12(13-14-15-16)19-8-10-7-9-3-1-2-4-11(9)18-10/h1-4,10,17H,5-8H2. The maximum absolute atomic E-state index is 8.91. The fourth-order valence-corrected chi connectivity index (χ4v) is 2.94. The first-order valence-electron chi connectivity index (χ1n) is 6.11. The van der Waals surface area contributed by atoms with Crippen molar-refractivity contribution >= 4 is 11.8 Å². The van der Waals surface area contributed by atoms with Crippen molar-refractivity contribution in [2.45, 2.75) is 24.2 Å². The maximum atomic E-state index is 8.91. The third kappa shape index (κ3) is 2.71. The van der Waals surface area contributed by atoms with Crippen LogP contribution in [-0.4, -0.2) is 43.8 Å². The lowest BCUT2D eigenvalue weighted by Gasteiger charge is -2.09. The Bertz CT molecular complexity index is 535. The van der Waals surface area contributed by atoms with Crippen molar-refractivity contribution in [1.82, 2.24) is 20.2 Å². The number of ether oxygens (including phenoxy) is 1. The van der Waals surface area contributed by atoms with E-state index in [1.54, 1.807) is 16.4 Å². The highest BCUT2D eigenvalue weighted by Crippen LogP contribution is 2.30. The van der Waals surface area contributed by atoms with Gasteiger partial charge in [0.25, 0.3) is 0 Å². The van der Waals surface area contributed by atoms with E-state index in [0.717, 1.165) is 17.9 Å². The molecule has 1 atom stereocenters. The molecule has 1 aromatic heterocycles. The summed E-state index contributed by atoms with van der Waals surface area (Å²) in [6.45, 7) is 0.449. The van der Waals surface area contributed by atoms with Crippen molar-refractivity contribution in [3.05, 3.63) is 29.8 Å². The van der Waals surface area contributed by atoms with E-state index in [1.807, 2.05) is 18.2 Å². The molecule has 6 nitrogen and oxygen atoms in total. The van der Waals surface area contributed by atoms with Crippen LogP contribution in [-0.2, 0) is 13.0 Å². The van der Waals surface area contributed by atoms with Crippen LogP contribution < -0.4 is 4.74 Å². The van der Waals surface area contributed by atoms with Crippen LogP contribution in [0.1, 0.15) is 5.56 Å². The van der Waals surface area contributed by atoms with E-state index in [4.69, 9.17) is 9.84 Å². The van der Waals surface area contributed by atoms with Gasteiger partial charge in [0.2, 0.25) is 5.16 Å². The number of aromatic nitrogens is 4. The van der Waals surface area contributed by atoms with Crippen LogP contribution in [0.25, 0.3) is 0 Å². The summed E-state index contributed by atoms with van der Waals surface area (Å²) in [4.78, 5) is 0. The molecule has 2 aromatic rings. The smallest absolute Gasteiger partial charge is 0.209 e. The van der Waals surface area contributed by atoms with E-state index in [9.17, 15) is 0 Å². The van der Waals surface area contributed by atoms with Gasteiger partial charge in [-0.2, -0.15) is 0 Å². The van der Waals surface area contributed by atoms with Crippen LogP contribution in [0.15, 0.2) is 29.4 Å². The SMILES string of the molecule is OCCn1nnnc1SCC1Cc2ccccc2O1. The van der Waals surface area contributed by atoms with Gasteiger partial charge in [-0.25, -0.2) is 4.68 Å². The van der Waals surface area contributed by atoms with Crippen LogP contribution in [0.2, 0.25) is 0 Å². The molecule has 19 heavy (non-hydrogen) atoms. The number of aliphatic hydroxyl groups is 1. The first-order valence-corrected chi connectivity index (χ1v) is 7.10. The number of thioether (sulfide) groups is 1. The highest BCUT2D eigenvalue weighted by molar-refractivity contribution is 7.99. The molecule has 3 rings (SSSR count). The van der Waals surface area contributed by atoms with Crippen molar-refractivity contribution < 1.29 is 9.84 Å². The minimum Gasteiger partial charge on any atom is -0.489 e. The molecule has 7 heteroatoms. The lowest BCUT2D eigenvalue weighted by atomic mass is 10.1. The van der Waals surface area contributed by atoms with Gasteiger partial charge < -0.3 is 9.84 Å². The van der Waals surface area contributed by atoms with Crippen LogP contribution in [0.3, 0.4) is 0 Å². The molecule has 0 saturated carbocycles. The second-order valence-corrected chi connectivity index (χ2v) is 5.26. The van der Waals surface area contributed by atoms with E-state index in [0.29, 0.717) is 11.7 Å². The Kier molecular flexibility index (Phi) is 3.65. The number of rotatable bonds is 5. The minimum absolute atomic E-state index is 0.0317. The van der Waals surface area contributed by atoms with E-state index >= 15 is 0 Å². The fraction of sp³-hybridized carbons (Fsp3) is 0.417. The van der Waals surface area contributed by atoms with Gasteiger partial charge in [-0.05, 0) is 22.1 Å². The largest absolute Gasteiger partial charge is 0.489 e. The highest BCUT2D eigenvalue weighted by atomic mass is 32.2. The number of hydrogen-bond donors (Lipinski definition) is 1. The zero-order valence-corrected chi connectivity index (χ0v) is 11.1. The van der Waals surface area contributed by atoms with Gasteiger partial charge in [0, 0.05) is 12.2 Å². The van der Waals surface area contributed by atoms with Gasteiger partial charge in [-0.15, -0.1) is 5.10 Å². The summed E-state index contributed by atoms with van der Waals surface area (Å²) in [6.07, 6.45) is 1.08. The molecule has 0 amide bonds. The van der Waals surface area contributed by atoms with Crippen LogP contribution >= 0.6 is 11.8 Å². The Morgan fingerprint density at radius 1 is 1.42 bits per heavy atom. The summed E-state index contributed by atoms with van der Waals surface area (Å²) < 4.78 is 7.46. The number of nitrogens with zero attached hydrogens (tertiary/aromatic N) is 4. The number of hydrogen-bond acceptors (Lipinski definition) is 6. The van der Waals surface area contributed by atoms with Gasteiger partial charge in [-0.1, -0.05) is 30.0 Å². The quantitative estimate of drug-likeness (QED) is 0.814. The zero-order valence-electron chi connectivity index (χ0n) is 10.3. The second-order valence-electron chi connectivity index (χ2n) is 4.27. The minimum atomic E-state index is 0.0317. The van der Waals surface area contributed by atoms with Gasteiger partial charge >= 0.3 is 0 Å². The Morgan fingerprint density at radius 3 is 3.16 bits per heavy atom. The average Bonchev–Trinajstić information content (AvgIpc) is 3.02. The predicted molar refractivity (Wildman–Crippen MR) is 70.2 cm³/mol. The van der Waals surface area contributed by atoms with Crippen molar-refractivity contribution in [2.75, 3.05) is 12.4 Å². The molecule has 0 bridgehead atoms. The topological polar surface area (TPSA) is 73.1 Å². The number of tetrazole rings is 1. The molecule has 0 spiro atoms. The Labute approximate surface area is 114 Å². The van der Waals surface area contributed by atoms with Gasteiger partial charge in [0.1, 0.15) is 11.9 Å². The lowest BCUT2D eigenvalue weighted by molar-refractivity contribution is 0.258. The first-order chi connectivity index (χ1) is 9.36. The molecule has 1 aliphatic rings. The van der Waals surface area contributed by atoms with E-state index in [-0.39, 0.29) is 12.7 Å². The highest BCUT2D eigenvalue weighted by Gasteiger charge is 2.23. The summed E-state index contributed by atoms with van der Waals surface area (Å²) in [5.74, 6) is 1.77. The van der Waals surface area contributed by atoms with Gasteiger partial charge in [-0.3, -0.25) is 0 Å². The maximum Gasteiger partial charge on any atom is 0.209 e. The molecule has 0 radical (unpaired) electrons. The number of fused-ring (bicyclic) bond motifs is 1. The molecular formula is C12H14N4O2S. The Balaban J connectivity index is 1.58. The first kappa shape index (κ1) is 12.4. The molecule has 1 N–H and O–H groups in total. The van der Waals surface area contributed by atoms with E-state index in [2.05, 4.69) is 21.6 Å². The van der Waals surface area contributed by atoms with Crippen molar-refractivity contribution in [3.8, 4) is 5.75 Å². The summed E-state index contributed by atoms with van der Waals surface area (Å²) in [5, 5.41) is 21.0. The van der Waals surface area contributed by atoms with Gasteiger partial charge in [0.15, 0.2) is 0 Å². The number of aliphatic hydroxyl groups excluding tert-OH is 1. The summed E-state index contributed by atoms with van der Waals surface area (Å²) in [7, 11) is 0. The molecule has 2 heterocycles. The van der Waals surface area contributed by atoms with Crippen molar-refractivity contribution in [3.63, 3.8) is 0 Å². The molecular weight excluding hydrogens is 264 g/mol. The monoisotopic (exact) mass is 278 g/mol. The number of benzene rings is 1. The van der Waals surface area contributed by atoms with Crippen LogP contribution in [0, 0.1) is 0 Å². The van der Waals surface area contributed by atoms with Crippen LogP contribution in [0.5, 0.6) is 5.75 Å². The Morgan fingerprint density at radius 2 is 2.32 bits per heavy atom. The second kappa shape index (κ2) is 5.58. The van der Waals surface area contributed by atoms with Crippen molar-refractivity contribution in [1.29, 1.82) is 0 Å². The average molecular weight is 278 g/mol. The van der Waals surface area contributed by atoms with Crippen molar-refractivity contribution in [2.24, 2.45) is 0 Å². The molecule has 1 unspecified atom stereocenters. The molecule has 100 valence electrons. The zero-order chi connectivity index (χ0) is 13.1. The van der Waals surface area contributed by atoms with Crippen LogP contribution in [0.4, 0.5) is 0 Å². The molecule has 0 aliphatic carbocycles. The number of para-hydroxylation sites is 1. The Hall–Kier alpha value is -1.60. The summed E-state index contributed by atoms with van der Waals surface area (Å²) >= 11 is 1.55. The van der Waals surface area contributed by atoms with E-state index < -0.39 is 0 Å². The van der Waals surface area contributed by atoms with E-state index in [1.165, 1.54) is 5.56 Å². The lowest BCUT2D eigenvalue weighted by Crippen LogP contribution is -2.16. The fourth-order valence-electron chi connectivity index (χ4n) is 2.05. The molecule has 0 saturated heterocycles. The molecule has 1 aromatic carbocycles.